The molecule has 0 spiro atoms. The number of hydrogen-bond donors (Lipinski definition) is 2. The van der Waals surface area contributed by atoms with Gasteiger partial charge in [-0.2, -0.15) is 0 Å². The number of carboxylic acids is 1. The molecule has 0 bridgehead atoms. The summed E-state index contributed by atoms with van der Waals surface area (Å²) in [6.45, 7) is 6.21. The SMILES string of the molecule is CC(C)OCCNCc1ccc(C(=O)O)cc1. The Morgan fingerprint density at radius 2 is 2.00 bits per heavy atom. The van der Waals surface area contributed by atoms with Crippen LogP contribution in [0.25, 0.3) is 0 Å². The van der Waals surface area contributed by atoms with Crippen LogP contribution in [-0.4, -0.2) is 30.3 Å². The summed E-state index contributed by atoms with van der Waals surface area (Å²) < 4.78 is 5.39. The van der Waals surface area contributed by atoms with E-state index in [1.54, 1.807) is 12.1 Å². The predicted molar refractivity (Wildman–Crippen MR) is 66.2 cm³/mol. The van der Waals surface area contributed by atoms with E-state index in [1.807, 2.05) is 26.0 Å². The second-order valence-electron chi connectivity index (χ2n) is 4.10. The molecule has 17 heavy (non-hydrogen) atoms. The highest BCUT2D eigenvalue weighted by Crippen LogP contribution is 2.03. The van der Waals surface area contributed by atoms with E-state index >= 15 is 0 Å². The summed E-state index contributed by atoms with van der Waals surface area (Å²) >= 11 is 0. The lowest BCUT2D eigenvalue weighted by Gasteiger charge is -2.08. The normalized spacial score (nSPS) is 10.8. The molecule has 0 heterocycles. The van der Waals surface area contributed by atoms with E-state index in [2.05, 4.69) is 5.32 Å². The first-order chi connectivity index (χ1) is 8.09. The first-order valence-electron chi connectivity index (χ1n) is 5.74. The fourth-order valence-corrected chi connectivity index (χ4v) is 1.36. The molecule has 0 aromatic heterocycles. The van der Waals surface area contributed by atoms with Gasteiger partial charge in [0.15, 0.2) is 0 Å². The number of rotatable bonds is 7. The summed E-state index contributed by atoms with van der Waals surface area (Å²) in [6, 6.07) is 6.87. The summed E-state index contributed by atoms with van der Waals surface area (Å²) in [5.41, 5.74) is 1.39. The van der Waals surface area contributed by atoms with Crippen molar-refractivity contribution < 1.29 is 14.6 Å². The third kappa shape index (κ3) is 5.47. The molecule has 0 fully saturated rings. The number of aromatic carboxylic acids is 1. The van der Waals surface area contributed by atoms with Crippen LogP contribution in [0.3, 0.4) is 0 Å². The molecule has 0 saturated heterocycles. The van der Waals surface area contributed by atoms with Gasteiger partial charge < -0.3 is 15.2 Å². The molecule has 0 unspecified atom stereocenters. The van der Waals surface area contributed by atoms with Crippen LogP contribution in [0.2, 0.25) is 0 Å². The van der Waals surface area contributed by atoms with Crippen molar-refractivity contribution in [3.63, 3.8) is 0 Å². The highest BCUT2D eigenvalue weighted by molar-refractivity contribution is 5.87. The Labute approximate surface area is 102 Å². The minimum atomic E-state index is -0.894. The van der Waals surface area contributed by atoms with Crippen LogP contribution in [0.1, 0.15) is 29.8 Å². The Balaban J connectivity index is 2.25. The summed E-state index contributed by atoms with van der Waals surface area (Å²) in [6.07, 6.45) is 0.256. The minimum absolute atomic E-state index is 0.256. The third-order valence-electron chi connectivity index (χ3n) is 2.26. The number of nitrogens with one attached hydrogen (secondary N) is 1. The Bertz CT molecular complexity index is 346. The van der Waals surface area contributed by atoms with Crippen molar-refractivity contribution in [1.82, 2.24) is 5.32 Å². The van der Waals surface area contributed by atoms with Gasteiger partial charge in [-0.05, 0) is 31.5 Å². The zero-order chi connectivity index (χ0) is 12.7. The van der Waals surface area contributed by atoms with E-state index in [0.717, 1.165) is 18.7 Å². The molecule has 0 amide bonds. The van der Waals surface area contributed by atoms with Crippen LogP contribution in [0.15, 0.2) is 24.3 Å². The summed E-state index contributed by atoms with van der Waals surface area (Å²) in [5, 5.41) is 12.0. The van der Waals surface area contributed by atoms with Crippen molar-refractivity contribution in [3.05, 3.63) is 35.4 Å². The number of carbonyl (C=O) groups is 1. The van der Waals surface area contributed by atoms with Gasteiger partial charge in [-0.15, -0.1) is 0 Å². The quantitative estimate of drug-likeness (QED) is 0.711. The molecule has 4 heteroatoms. The molecule has 0 atom stereocenters. The smallest absolute Gasteiger partial charge is 0.335 e. The van der Waals surface area contributed by atoms with Crippen molar-refractivity contribution in [2.75, 3.05) is 13.2 Å². The summed E-state index contributed by atoms with van der Waals surface area (Å²) in [7, 11) is 0. The largest absolute Gasteiger partial charge is 0.478 e. The maximum Gasteiger partial charge on any atom is 0.335 e. The lowest BCUT2D eigenvalue weighted by atomic mass is 10.1. The fraction of sp³-hybridized carbons (Fsp3) is 0.462. The molecule has 0 aliphatic carbocycles. The van der Waals surface area contributed by atoms with E-state index in [1.165, 1.54) is 0 Å². The topological polar surface area (TPSA) is 58.6 Å². The lowest BCUT2D eigenvalue weighted by molar-refractivity contribution is 0.0697. The summed E-state index contributed by atoms with van der Waals surface area (Å²) in [4.78, 5) is 10.6. The van der Waals surface area contributed by atoms with Gasteiger partial charge in [-0.25, -0.2) is 4.79 Å². The maximum absolute atomic E-state index is 10.6. The van der Waals surface area contributed by atoms with Gasteiger partial charge in [-0.3, -0.25) is 0 Å². The molecule has 1 rings (SSSR count). The lowest BCUT2D eigenvalue weighted by Crippen LogP contribution is -2.20. The number of benzene rings is 1. The zero-order valence-electron chi connectivity index (χ0n) is 10.3. The van der Waals surface area contributed by atoms with Gasteiger partial charge in [-0.1, -0.05) is 12.1 Å². The average molecular weight is 237 g/mol. The Morgan fingerprint density at radius 3 is 2.53 bits per heavy atom. The Hall–Kier alpha value is -1.39. The molecule has 0 aliphatic rings. The third-order valence-corrected chi connectivity index (χ3v) is 2.26. The van der Waals surface area contributed by atoms with Crippen LogP contribution >= 0.6 is 0 Å². The molecular weight excluding hydrogens is 218 g/mol. The molecular formula is C13H19NO3. The van der Waals surface area contributed by atoms with E-state index in [4.69, 9.17) is 9.84 Å². The van der Waals surface area contributed by atoms with Crippen molar-refractivity contribution in [1.29, 1.82) is 0 Å². The van der Waals surface area contributed by atoms with E-state index in [0.29, 0.717) is 12.2 Å². The standard InChI is InChI=1S/C13H19NO3/c1-10(2)17-8-7-14-9-11-3-5-12(6-4-11)13(15)16/h3-6,10,14H,7-9H2,1-2H3,(H,15,16). The van der Waals surface area contributed by atoms with E-state index in [-0.39, 0.29) is 6.10 Å². The minimum Gasteiger partial charge on any atom is -0.478 e. The highest BCUT2D eigenvalue weighted by atomic mass is 16.5. The van der Waals surface area contributed by atoms with Gasteiger partial charge in [0.25, 0.3) is 0 Å². The fourth-order valence-electron chi connectivity index (χ4n) is 1.36. The Morgan fingerprint density at radius 1 is 1.35 bits per heavy atom. The average Bonchev–Trinajstić information content (AvgIpc) is 2.29. The van der Waals surface area contributed by atoms with E-state index < -0.39 is 5.97 Å². The van der Waals surface area contributed by atoms with Gasteiger partial charge in [0.05, 0.1) is 18.3 Å². The molecule has 0 radical (unpaired) electrons. The Kier molecular flexibility index (Phi) is 5.66. The molecule has 0 saturated carbocycles. The van der Waals surface area contributed by atoms with Crippen LogP contribution in [0.4, 0.5) is 0 Å². The van der Waals surface area contributed by atoms with Crippen molar-refractivity contribution in [3.8, 4) is 0 Å². The first kappa shape index (κ1) is 13.7. The second-order valence-corrected chi connectivity index (χ2v) is 4.10. The highest BCUT2D eigenvalue weighted by Gasteiger charge is 2.01. The van der Waals surface area contributed by atoms with Crippen LogP contribution < -0.4 is 5.32 Å². The number of hydrogen-bond acceptors (Lipinski definition) is 3. The monoisotopic (exact) mass is 237 g/mol. The van der Waals surface area contributed by atoms with Crippen molar-refractivity contribution in [2.24, 2.45) is 0 Å². The second kappa shape index (κ2) is 7.04. The predicted octanol–water partition coefficient (Wildman–Crippen LogP) is 1.90. The number of ether oxygens (including phenoxy) is 1. The van der Waals surface area contributed by atoms with Crippen LogP contribution in [0.5, 0.6) is 0 Å². The van der Waals surface area contributed by atoms with Gasteiger partial charge in [0.1, 0.15) is 0 Å². The van der Waals surface area contributed by atoms with Crippen LogP contribution in [0, 0.1) is 0 Å². The van der Waals surface area contributed by atoms with Crippen LogP contribution in [-0.2, 0) is 11.3 Å². The molecule has 0 aliphatic heterocycles. The number of carboxylic acid groups (broad SMARTS) is 1. The molecule has 4 nitrogen and oxygen atoms in total. The van der Waals surface area contributed by atoms with Gasteiger partial charge in [0.2, 0.25) is 0 Å². The van der Waals surface area contributed by atoms with Crippen molar-refractivity contribution >= 4 is 5.97 Å². The zero-order valence-corrected chi connectivity index (χ0v) is 10.3. The van der Waals surface area contributed by atoms with Gasteiger partial charge >= 0.3 is 5.97 Å². The first-order valence-corrected chi connectivity index (χ1v) is 5.74. The molecule has 2 N–H and O–H groups in total. The van der Waals surface area contributed by atoms with E-state index in [9.17, 15) is 4.79 Å². The van der Waals surface area contributed by atoms with Crippen molar-refractivity contribution in [2.45, 2.75) is 26.5 Å². The maximum atomic E-state index is 10.6. The van der Waals surface area contributed by atoms with Gasteiger partial charge in [0, 0.05) is 13.1 Å². The molecule has 1 aromatic rings. The molecule has 94 valence electrons. The summed E-state index contributed by atoms with van der Waals surface area (Å²) in [5.74, 6) is -0.894. The molecule has 1 aromatic carbocycles.